The first kappa shape index (κ1) is 15.2. The Kier molecular flexibility index (Phi) is 6.36. The van der Waals surface area contributed by atoms with Crippen molar-refractivity contribution >= 4 is 14.4 Å². The fraction of sp³-hybridized carbons (Fsp3) is 0.643. The molecule has 0 saturated carbocycles. The van der Waals surface area contributed by atoms with Crippen LogP contribution in [0, 0.1) is 11.8 Å². The summed E-state index contributed by atoms with van der Waals surface area (Å²) in [5.74, 6) is 5.23. The van der Waals surface area contributed by atoms with Gasteiger partial charge < -0.3 is 0 Å². The number of hydrogen-bond acceptors (Lipinski definition) is 1. The molecule has 0 aromatic rings. The van der Waals surface area contributed by atoms with E-state index in [4.69, 9.17) is 0 Å². The van der Waals surface area contributed by atoms with Crippen LogP contribution in [0.15, 0.2) is 11.8 Å². The van der Waals surface area contributed by atoms with Crippen LogP contribution in [0.2, 0.25) is 16.6 Å². The van der Waals surface area contributed by atoms with Crippen molar-refractivity contribution in [1.82, 2.24) is 0 Å². The van der Waals surface area contributed by atoms with Crippen molar-refractivity contribution < 1.29 is 4.79 Å². The molecule has 0 saturated heterocycles. The molecule has 0 N–H and O–H groups in total. The lowest BCUT2D eigenvalue weighted by atomic mass is 10.5. The van der Waals surface area contributed by atoms with Crippen LogP contribution in [-0.2, 0) is 4.79 Å². The second kappa shape index (κ2) is 6.70. The number of hydrogen-bond donors (Lipinski definition) is 0. The van der Waals surface area contributed by atoms with E-state index in [0.717, 1.165) is 0 Å². The van der Waals surface area contributed by atoms with Crippen LogP contribution >= 0.6 is 0 Å². The Balaban J connectivity index is 5.20. The SMILES string of the molecule is CC(C)[Si](/C=C\C#CC=O)(C(C)C)C(C)C. The average Bonchev–Trinajstić information content (AvgIpc) is 2.16. The fourth-order valence-electron chi connectivity index (χ4n) is 2.85. The van der Waals surface area contributed by atoms with E-state index >= 15 is 0 Å². The van der Waals surface area contributed by atoms with Crippen LogP contribution in [0.1, 0.15) is 41.5 Å². The van der Waals surface area contributed by atoms with E-state index in [1.807, 2.05) is 6.08 Å². The van der Waals surface area contributed by atoms with Gasteiger partial charge in [0.2, 0.25) is 0 Å². The summed E-state index contributed by atoms with van der Waals surface area (Å²) in [4.78, 5) is 10.1. The molecule has 0 unspecified atom stereocenters. The summed E-state index contributed by atoms with van der Waals surface area (Å²) in [6.45, 7) is 13.9. The molecule has 0 aliphatic heterocycles. The molecule has 0 aliphatic carbocycles. The van der Waals surface area contributed by atoms with Gasteiger partial charge in [0, 0.05) is 0 Å². The zero-order valence-corrected chi connectivity index (χ0v) is 12.4. The van der Waals surface area contributed by atoms with Gasteiger partial charge in [0.1, 0.15) is 0 Å². The zero-order valence-electron chi connectivity index (χ0n) is 11.4. The highest BCUT2D eigenvalue weighted by atomic mass is 28.3. The minimum atomic E-state index is -1.48. The molecule has 0 atom stereocenters. The van der Waals surface area contributed by atoms with Gasteiger partial charge in [-0.1, -0.05) is 53.2 Å². The number of carbonyl (C=O) groups excluding carboxylic acids is 1. The molecule has 0 aromatic heterocycles. The number of rotatable bonds is 4. The third-order valence-corrected chi connectivity index (χ3v) is 10.3. The maximum atomic E-state index is 10.1. The van der Waals surface area contributed by atoms with Crippen LogP contribution in [-0.4, -0.2) is 14.4 Å². The van der Waals surface area contributed by atoms with Crippen LogP contribution in [0.4, 0.5) is 0 Å². The minimum Gasteiger partial charge on any atom is -0.289 e. The average molecular weight is 236 g/mol. The quantitative estimate of drug-likeness (QED) is 0.410. The standard InChI is InChI=1S/C14H24OSi/c1-12(2)16(13(3)4,14(5)6)11-9-7-8-10-15/h9-14H,1-6H3/b11-9-. The van der Waals surface area contributed by atoms with E-state index in [0.29, 0.717) is 22.9 Å². The number of carbonyl (C=O) groups is 1. The summed E-state index contributed by atoms with van der Waals surface area (Å²) >= 11 is 0. The molecule has 0 amide bonds. The molecule has 0 aliphatic rings. The minimum absolute atomic E-state index is 0.647. The Bertz CT molecular complexity index is 281. The summed E-state index contributed by atoms with van der Waals surface area (Å²) in [5, 5.41) is 0. The predicted molar refractivity (Wildman–Crippen MR) is 74.0 cm³/mol. The molecular formula is C14H24OSi. The van der Waals surface area contributed by atoms with Gasteiger partial charge in [0.15, 0.2) is 6.29 Å². The molecule has 90 valence electrons. The Morgan fingerprint density at radius 3 is 1.62 bits per heavy atom. The first-order valence-electron chi connectivity index (χ1n) is 6.02. The molecule has 0 spiro atoms. The lowest BCUT2D eigenvalue weighted by Gasteiger charge is -2.40. The Morgan fingerprint density at radius 1 is 0.875 bits per heavy atom. The summed E-state index contributed by atoms with van der Waals surface area (Å²) < 4.78 is 0. The summed E-state index contributed by atoms with van der Waals surface area (Å²) in [5.41, 5.74) is 4.41. The molecule has 16 heavy (non-hydrogen) atoms. The van der Waals surface area contributed by atoms with Crippen molar-refractivity contribution in [2.45, 2.75) is 58.2 Å². The summed E-state index contributed by atoms with van der Waals surface area (Å²) in [6, 6.07) is 0. The molecule has 0 fully saturated rings. The van der Waals surface area contributed by atoms with Gasteiger partial charge in [0.05, 0.1) is 8.07 Å². The topological polar surface area (TPSA) is 17.1 Å². The molecule has 0 rings (SSSR count). The van der Waals surface area contributed by atoms with Gasteiger partial charge in [-0.25, -0.2) is 0 Å². The van der Waals surface area contributed by atoms with Crippen molar-refractivity contribution in [3.8, 4) is 11.8 Å². The van der Waals surface area contributed by atoms with E-state index in [1.165, 1.54) is 0 Å². The van der Waals surface area contributed by atoms with Crippen LogP contribution < -0.4 is 0 Å². The highest BCUT2D eigenvalue weighted by Gasteiger charge is 2.39. The molecule has 0 aromatic carbocycles. The van der Waals surface area contributed by atoms with Gasteiger partial charge >= 0.3 is 0 Å². The van der Waals surface area contributed by atoms with Crippen molar-refractivity contribution in [3.63, 3.8) is 0 Å². The van der Waals surface area contributed by atoms with Crippen molar-refractivity contribution in [1.29, 1.82) is 0 Å². The van der Waals surface area contributed by atoms with Gasteiger partial charge in [-0.3, -0.25) is 4.79 Å². The first-order chi connectivity index (χ1) is 7.39. The van der Waals surface area contributed by atoms with E-state index < -0.39 is 8.07 Å². The Morgan fingerprint density at radius 2 is 1.31 bits per heavy atom. The van der Waals surface area contributed by atoms with Crippen LogP contribution in [0.5, 0.6) is 0 Å². The third kappa shape index (κ3) is 3.35. The van der Waals surface area contributed by atoms with Gasteiger partial charge in [0.25, 0.3) is 0 Å². The molecule has 2 heteroatoms. The van der Waals surface area contributed by atoms with Crippen molar-refractivity contribution in [2.75, 3.05) is 0 Å². The summed E-state index contributed by atoms with van der Waals surface area (Å²) in [6.07, 6.45) is 2.54. The predicted octanol–water partition coefficient (Wildman–Crippen LogP) is 3.96. The molecular weight excluding hydrogens is 212 g/mol. The zero-order chi connectivity index (χ0) is 12.8. The normalized spacial score (nSPS) is 12.3. The van der Waals surface area contributed by atoms with E-state index in [9.17, 15) is 4.79 Å². The largest absolute Gasteiger partial charge is 0.289 e. The van der Waals surface area contributed by atoms with Crippen LogP contribution in [0.3, 0.4) is 0 Å². The van der Waals surface area contributed by atoms with E-state index in [1.54, 1.807) is 0 Å². The fourth-order valence-corrected chi connectivity index (χ4v) is 8.37. The highest BCUT2D eigenvalue weighted by Crippen LogP contribution is 2.42. The maximum absolute atomic E-state index is 10.1. The molecule has 1 nitrogen and oxygen atoms in total. The van der Waals surface area contributed by atoms with Crippen molar-refractivity contribution in [2.24, 2.45) is 0 Å². The smallest absolute Gasteiger partial charge is 0.193 e. The number of allylic oxidation sites excluding steroid dienone is 1. The highest BCUT2D eigenvalue weighted by molar-refractivity contribution is 6.88. The Labute approximate surface area is 101 Å². The number of aldehydes is 1. The second-order valence-electron chi connectivity index (χ2n) is 5.20. The second-order valence-corrected chi connectivity index (χ2v) is 11.0. The van der Waals surface area contributed by atoms with Crippen LogP contribution in [0.25, 0.3) is 0 Å². The lowest BCUT2D eigenvalue weighted by Crippen LogP contribution is -2.42. The first-order valence-corrected chi connectivity index (χ1v) is 8.32. The van der Waals surface area contributed by atoms with E-state index in [2.05, 4.69) is 59.1 Å². The maximum Gasteiger partial charge on any atom is 0.193 e. The molecule has 0 heterocycles. The van der Waals surface area contributed by atoms with Crippen molar-refractivity contribution in [3.05, 3.63) is 11.8 Å². The Hall–Kier alpha value is -0.813. The van der Waals surface area contributed by atoms with Gasteiger partial charge in [-0.05, 0) is 28.6 Å². The monoisotopic (exact) mass is 236 g/mol. The van der Waals surface area contributed by atoms with Gasteiger partial charge in [-0.15, -0.1) is 0 Å². The van der Waals surface area contributed by atoms with Gasteiger partial charge in [-0.2, -0.15) is 0 Å². The molecule has 0 bridgehead atoms. The third-order valence-electron chi connectivity index (χ3n) is 3.60. The molecule has 0 radical (unpaired) electrons. The summed E-state index contributed by atoms with van der Waals surface area (Å²) in [7, 11) is -1.48. The van der Waals surface area contributed by atoms with E-state index in [-0.39, 0.29) is 0 Å². The lowest BCUT2D eigenvalue weighted by molar-refractivity contribution is -0.103.